The Morgan fingerprint density at radius 1 is 0.462 bits per heavy atom. The van der Waals surface area contributed by atoms with Crippen molar-refractivity contribution in [3.63, 3.8) is 0 Å². The number of rotatable bonds is 5. The van der Waals surface area contributed by atoms with E-state index in [1.165, 1.54) is 55.2 Å². The quantitative estimate of drug-likeness (QED) is 0.182. The van der Waals surface area contributed by atoms with Gasteiger partial charge in [0.1, 0.15) is 0 Å². The summed E-state index contributed by atoms with van der Waals surface area (Å²) in [5.74, 6) is 0.700. The van der Waals surface area contributed by atoms with Gasteiger partial charge in [0, 0.05) is 33.2 Å². The van der Waals surface area contributed by atoms with Crippen LogP contribution in [0.3, 0.4) is 0 Å². The van der Waals surface area contributed by atoms with Crippen molar-refractivity contribution in [3.8, 4) is 39.6 Å². The summed E-state index contributed by atoms with van der Waals surface area (Å²) < 4.78 is 2.48. The maximum absolute atomic E-state index is 5.27. The normalized spacial score (nSPS) is 13.0. The summed E-state index contributed by atoms with van der Waals surface area (Å²) in [7, 11) is 0. The number of hydrogen-bond donors (Lipinski definition) is 0. The fourth-order valence-corrected chi connectivity index (χ4v) is 8.37. The van der Waals surface area contributed by atoms with Crippen LogP contribution >= 0.6 is 0 Å². The Balaban J connectivity index is 0.00000133. The SMILES string of the molecule is Cc1ccc(C2(c3ccc(C)cc3)c3cc(-c4nc(-c5ccccc5)cc(-c5ccccc5)n4)ccc3-n3c4ccccc4c4cccc2c43)cc1.[HH].[HH].[HH].[HH]. The Kier molecular flexibility index (Phi) is 6.84. The lowest BCUT2D eigenvalue weighted by molar-refractivity contribution is 0.727. The van der Waals surface area contributed by atoms with E-state index in [9.17, 15) is 0 Å². The number of para-hydroxylation sites is 2. The van der Waals surface area contributed by atoms with Crippen molar-refractivity contribution in [1.82, 2.24) is 14.5 Å². The minimum atomic E-state index is -0.615. The molecule has 0 aliphatic carbocycles. The highest BCUT2D eigenvalue weighted by molar-refractivity contribution is 6.12. The van der Waals surface area contributed by atoms with Crippen LogP contribution in [0.1, 0.15) is 39.1 Å². The van der Waals surface area contributed by atoms with Crippen LogP contribution in [0.15, 0.2) is 176 Å². The van der Waals surface area contributed by atoms with E-state index in [4.69, 9.17) is 9.97 Å². The van der Waals surface area contributed by atoms with Crippen LogP contribution in [0.5, 0.6) is 0 Å². The molecule has 0 bridgehead atoms. The lowest BCUT2D eigenvalue weighted by atomic mass is 9.62. The van der Waals surface area contributed by atoms with E-state index < -0.39 is 5.41 Å². The first kappa shape index (κ1) is 30.3. The Labute approximate surface area is 309 Å². The number of aromatic nitrogens is 3. The molecule has 2 aromatic heterocycles. The Hall–Kier alpha value is -6.58. The summed E-state index contributed by atoms with van der Waals surface area (Å²) in [4.78, 5) is 10.5. The molecule has 9 aromatic rings. The fourth-order valence-electron chi connectivity index (χ4n) is 8.37. The molecule has 3 heteroatoms. The van der Waals surface area contributed by atoms with Crippen LogP contribution < -0.4 is 0 Å². The average molecular weight is 674 g/mol. The molecule has 0 radical (unpaired) electrons. The van der Waals surface area contributed by atoms with Crippen LogP contribution in [-0.2, 0) is 5.41 Å². The molecule has 0 unspecified atom stereocenters. The molecule has 0 atom stereocenters. The van der Waals surface area contributed by atoms with Crippen LogP contribution in [0.2, 0.25) is 0 Å². The van der Waals surface area contributed by atoms with Crippen molar-refractivity contribution in [2.24, 2.45) is 0 Å². The maximum Gasteiger partial charge on any atom is 0.160 e. The molecule has 3 nitrogen and oxygen atoms in total. The largest absolute Gasteiger partial charge is 0.309 e. The number of hydrogen-bond acceptors (Lipinski definition) is 2. The van der Waals surface area contributed by atoms with E-state index in [-0.39, 0.29) is 5.71 Å². The molecule has 254 valence electrons. The molecule has 0 saturated carbocycles. The second-order valence-corrected chi connectivity index (χ2v) is 14.0. The number of aryl methyl sites for hydroxylation is 2. The van der Waals surface area contributed by atoms with Gasteiger partial charge < -0.3 is 4.57 Å². The van der Waals surface area contributed by atoms with E-state index in [1.807, 2.05) is 12.1 Å². The second kappa shape index (κ2) is 11.8. The van der Waals surface area contributed by atoms with Gasteiger partial charge >= 0.3 is 0 Å². The van der Waals surface area contributed by atoms with Crippen molar-refractivity contribution in [3.05, 3.63) is 209 Å². The van der Waals surface area contributed by atoms with Crippen molar-refractivity contribution in [1.29, 1.82) is 0 Å². The van der Waals surface area contributed by atoms with E-state index in [0.717, 1.165) is 33.8 Å². The number of fused-ring (bicyclic) bond motifs is 5. The molecule has 0 N–H and O–H groups in total. The molecule has 1 aliphatic rings. The first-order valence-corrected chi connectivity index (χ1v) is 17.9. The van der Waals surface area contributed by atoms with E-state index in [0.29, 0.717) is 5.82 Å². The summed E-state index contributed by atoms with van der Waals surface area (Å²) in [6.07, 6.45) is 0. The Morgan fingerprint density at radius 3 is 1.63 bits per heavy atom. The van der Waals surface area contributed by atoms with Crippen molar-refractivity contribution in [2.45, 2.75) is 19.3 Å². The van der Waals surface area contributed by atoms with Gasteiger partial charge in [-0.3, -0.25) is 0 Å². The van der Waals surface area contributed by atoms with Gasteiger partial charge in [0.25, 0.3) is 0 Å². The Morgan fingerprint density at radius 2 is 1.02 bits per heavy atom. The summed E-state index contributed by atoms with van der Waals surface area (Å²) >= 11 is 0. The van der Waals surface area contributed by atoms with Gasteiger partial charge in [0.2, 0.25) is 0 Å². The van der Waals surface area contributed by atoms with E-state index >= 15 is 0 Å². The van der Waals surface area contributed by atoms with Gasteiger partial charge in [-0.2, -0.15) is 0 Å². The second-order valence-electron chi connectivity index (χ2n) is 14.0. The minimum absolute atomic E-state index is 0. The fraction of sp³-hybridized carbons (Fsp3) is 0.0612. The van der Waals surface area contributed by atoms with Gasteiger partial charge in [-0.1, -0.05) is 157 Å². The van der Waals surface area contributed by atoms with Gasteiger partial charge in [-0.05, 0) is 66.4 Å². The molecule has 0 saturated heterocycles. The van der Waals surface area contributed by atoms with Crippen molar-refractivity contribution >= 4 is 21.8 Å². The lowest BCUT2D eigenvalue weighted by Crippen LogP contribution is -2.35. The topological polar surface area (TPSA) is 30.7 Å². The monoisotopic (exact) mass is 673 g/mol. The van der Waals surface area contributed by atoms with Gasteiger partial charge in [-0.25, -0.2) is 9.97 Å². The summed E-state index contributed by atoms with van der Waals surface area (Å²) in [5, 5.41) is 2.52. The van der Waals surface area contributed by atoms with Crippen LogP contribution in [0.25, 0.3) is 61.4 Å². The molecule has 7 aromatic carbocycles. The standard InChI is InChI=1S/C49H35N3.4H2/c1-32-20-25-37(26-21-32)49(38-27-22-33(2)23-28-38)41-18-11-17-40-39-16-9-10-19-45(39)52(47(40)41)46-29-24-36(30-42(46)49)48-50-43(34-12-5-3-6-13-34)31-44(51-48)35-14-7-4-8-15-35;;;;/h3-31H,1-2H3;4*1H. The first-order valence-electron chi connectivity index (χ1n) is 17.9. The third-order valence-electron chi connectivity index (χ3n) is 10.8. The molecule has 1 aliphatic heterocycles. The van der Waals surface area contributed by atoms with Gasteiger partial charge in [-0.15, -0.1) is 0 Å². The van der Waals surface area contributed by atoms with Crippen LogP contribution in [0.4, 0.5) is 0 Å². The molecular weight excluding hydrogens is 631 g/mol. The van der Waals surface area contributed by atoms with Gasteiger partial charge in [0.15, 0.2) is 5.82 Å². The highest BCUT2D eigenvalue weighted by Crippen LogP contribution is 2.54. The highest BCUT2D eigenvalue weighted by Gasteiger charge is 2.45. The van der Waals surface area contributed by atoms with Crippen molar-refractivity contribution < 1.29 is 5.71 Å². The smallest absolute Gasteiger partial charge is 0.160 e. The molecule has 0 fully saturated rings. The van der Waals surface area contributed by atoms with Crippen LogP contribution in [0, 0.1) is 13.8 Å². The predicted molar refractivity (Wildman–Crippen MR) is 222 cm³/mol. The van der Waals surface area contributed by atoms with Crippen molar-refractivity contribution in [2.75, 3.05) is 0 Å². The maximum atomic E-state index is 5.27. The molecule has 3 heterocycles. The van der Waals surface area contributed by atoms with Gasteiger partial charge in [0.05, 0.1) is 33.5 Å². The van der Waals surface area contributed by atoms with Crippen LogP contribution in [-0.4, -0.2) is 14.5 Å². The zero-order valence-corrected chi connectivity index (χ0v) is 29.1. The Bertz CT molecular complexity index is 2700. The molecule has 52 heavy (non-hydrogen) atoms. The third-order valence-corrected chi connectivity index (χ3v) is 10.8. The number of benzene rings is 7. The molecule has 0 amide bonds. The summed E-state index contributed by atoms with van der Waals surface area (Å²) in [5.41, 5.74) is 15.3. The summed E-state index contributed by atoms with van der Waals surface area (Å²) in [6.45, 7) is 4.32. The molecule has 0 spiro atoms. The average Bonchev–Trinajstić information content (AvgIpc) is 3.55. The van der Waals surface area contributed by atoms with E-state index in [2.05, 4.69) is 182 Å². The lowest BCUT2D eigenvalue weighted by Gasteiger charge is -2.42. The zero-order chi connectivity index (χ0) is 34.8. The summed E-state index contributed by atoms with van der Waals surface area (Å²) in [6, 6.07) is 63.7. The minimum Gasteiger partial charge on any atom is -0.309 e. The zero-order valence-electron chi connectivity index (χ0n) is 29.1. The highest BCUT2D eigenvalue weighted by atomic mass is 15.0. The predicted octanol–water partition coefficient (Wildman–Crippen LogP) is 12.9. The van der Waals surface area contributed by atoms with E-state index in [1.54, 1.807) is 0 Å². The molecule has 10 rings (SSSR count). The molecular formula is C49H43N3. The third kappa shape index (κ3) is 4.52. The first-order chi connectivity index (χ1) is 25.6. The number of nitrogens with zero attached hydrogens (tertiary/aromatic N) is 3.